The highest BCUT2D eigenvalue weighted by Crippen LogP contribution is 2.26. The Hall–Kier alpha value is -1.21. The van der Waals surface area contributed by atoms with Crippen molar-refractivity contribution >= 4 is 22.6 Å². The lowest BCUT2D eigenvalue weighted by Crippen LogP contribution is -2.43. The van der Waals surface area contributed by atoms with Crippen LogP contribution in [0.5, 0.6) is 0 Å². The number of anilines is 1. The van der Waals surface area contributed by atoms with Crippen molar-refractivity contribution in [2.24, 2.45) is 0 Å². The predicted octanol–water partition coefficient (Wildman–Crippen LogP) is 1.60. The first-order valence-electron chi connectivity index (χ1n) is 6.67. The van der Waals surface area contributed by atoms with Crippen LogP contribution in [0.3, 0.4) is 0 Å². The van der Waals surface area contributed by atoms with Crippen molar-refractivity contribution in [1.82, 2.24) is 9.36 Å². The summed E-state index contributed by atoms with van der Waals surface area (Å²) in [5.74, 6) is 0.609. The number of ether oxygens (including phenoxy) is 2. The third-order valence-corrected chi connectivity index (χ3v) is 3.89. The van der Waals surface area contributed by atoms with Gasteiger partial charge in [0.25, 0.3) is 0 Å². The molecule has 1 saturated heterocycles. The molecular weight excluding hydrogens is 278 g/mol. The molecule has 1 atom stereocenters. The molecule has 1 unspecified atom stereocenters. The fraction of sp³-hybridized carbons (Fsp3) is 0.769. The van der Waals surface area contributed by atoms with Crippen molar-refractivity contribution in [3.8, 4) is 0 Å². The third-order valence-electron chi connectivity index (χ3n) is 3.12. The Morgan fingerprint density at radius 2 is 2.30 bits per heavy atom. The SMILES string of the molecule is COC(=O)CC1CN(c2nc(C(C)(C)C)ns2)CCO1. The van der Waals surface area contributed by atoms with E-state index in [0.717, 1.165) is 17.5 Å². The summed E-state index contributed by atoms with van der Waals surface area (Å²) in [5.41, 5.74) is -0.0492. The molecule has 7 heteroatoms. The smallest absolute Gasteiger partial charge is 0.308 e. The quantitative estimate of drug-likeness (QED) is 0.790. The lowest BCUT2D eigenvalue weighted by atomic mass is 9.96. The zero-order chi connectivity index (χ0) is 14.8. The minimum absolute atomic E-state index is 0.0492. The molecule has 1 aliphatic heterocycles. The molecule has 0 aromatic carbocycles. The maximum absolute atomic E-state index is 11.3. The van der Waals surface area contributed by atoms with Gasteiger partial charge in [-0.05, 0) is 0 Å². The van der Waals surface area contributed by atoms with Gasteiger partial charge in [-0.1, -0.05) is 20.8 Å². The molecule has 0 saturated carbocycles. The molecule has 0 N–H and O–H groups in total. The number of hydrogen-bond acceptors (Lipinski definition) is 7. The molecular formula is C13H21N3O3S. The highest BCUT2D eigenvalue weighted by Gasteiger charge is 2.27. The maximum Gasteiger partial charge on any atom is 0.308 e. The lowest BCUT2D eigenvalue weighted by Gasteiger charge is -2.31. The molecule has 112 valence electrons. The minimum Gasteiger partial charge on any atom is -0.469 e. The topological polar surface area (TPSA) is 64.5 Å². The van der Waals surface area contributed by atoms with Gasteiger partial charge < -0.3 is 14.4 Å². The van der Waals surface area contributed by atoms with Crippen LogP contribution in [-0.2, 0) is 19.7 Å². The van der Waals surface area contributed by atoms with Gasteiger partial charge in [-0.3, -0.25) is 4.79 Å². The van der Waals surface area contributed by atoms with E-state index in [0.29, 0.717) is 13.2 Å². The highest BCUT2D eigenvalue weighted by atomic mass is 32.1. The van der Waals surface area contributed by atoms with E-state index < -0.39 is 0 Å². The highest BCUT2D eigenvalue weighted by molar-refractivity contribution is 7.09. The molecule has 0 radical (unpaired) electrons. The third kappa shape index (κ3) is 3.67. The fourth-order valence-corrected chi connectivity index (χ4v) is 2.83. The Morgan fingerprint density at radius 3 is 2.90 bits per heavy atom. The van der Waals surface area contributed by atoms with E-state index in [1.54, 1.807) is 0 Å². The summed E-state index contributed by atoms with van der Waals surface area (Å²) in [6, 6.07) is 0. The number of carbonyl (C=O) groups is 1. The summed E-state index contributed by atoms with van der Waals surface area (Å²) in [7, 11) is 1.39. The molecule has 1 aromatic rings. The molecule has 6 nitrogen and oxygen atoms in total. The number of methoxy groups -OCH3 is 1. The maximum atomic E-state index is 11.3. The van der Waals surface area contributed by atoms with Crippen LogP contribution in [0.25, 0.3) is 0 Å². The first-order chi connectivity index (χ1) is 9.40. The molecule has 2 heterocycles. The van der Waals surface area contributed by atoms with Gasteiger partial charge in [-0.25, -0.2) is 4.98 Å². The van der Waals surface area contributed by atoms with Gasteiger partial charge in [0, 0.05) is 30.0 Å². The van der Waals surface area contributed by atoms with Crippen LogP contribution in [0.4, 0.5) is 5.13 Å². The molecule has 0 spiro atoms. The van der Waals surface area contributed by atoms with Gasteiger partial charge in [0.05, 0.1) is 26.2 Å². The van der Waals surface area contributed by atoms with Crippen LogP contribution < -0.4 is 4.90 Å². The number of carbonyl (C=O) groups excluding carboxylic acids is 1. The normalized spacial score (nSPS) is 20.0. The van der Waals surface area contributed by atoms with E-state index in [-0.39, 0.29) is 23.9 Å². The summed E-state index contributed by atoms with van der Waals surface area (Å²) in [4.78, 5) is 18.0. The van der Waals surface area contributed by atoms with Crippen molar-refractivity contribution in [2.45, 2.75) is 38.7 Å². The predicted molar refractivity (Wildman–Crippen MR) is 77.2 cm³/mol. The summed E-state index contributed by atoms with van der Waals surface area (Å²) in [5, 5.41) is 0.896. The van der Waals surface area contributed by atoms with Gasteiger partial charge >= 0.3 is 5.97 Å². The largest absolute Gasteiger partial charge is 0.469 e. The Labute approximate surface area is 123 Å². The standard InChI is InChI=1S/C13H21N3O3S/c1-13(2,3)11-14-12(20-15-11)16-5-6-19-9(8-16)7-10(17)18-4/h9H,5-8H2,1-4H3. The van der Waals surface area contributed by atoms with Crippen molar-refractivity contribution in [1.29, 1.82) is 0 Å². The summed E-state index contributed by atoms with van der Waals surface area (Å²) in [6.45, 7) is 8.30. The zero-order valence-corrected chi connectivity index (χ0v) is 13.2. The Bertz CT molecular complexity index is 470. The summed E-state index contributed by atoms with van der Waals surface area (Å²) < 4.78 is 14.7. The van der Waals surface area contributed by atoms with E-state index in [4.69, 9.17) is 4.74 Å². The second-order valence-corrected chi connectivity index (χ2v) is 6.60. The van der Waals surface area contributed by atoms with Crippen LogP contribution in [-0.4, -0.2) is 48.2 Å². The minimum atomic E-state index is -0.246. The van der Waals surface area contributed by atoms with Crippen LogP contribution in [0.2, 0.25) is 0 Å². The molecule has 20 heavy (non-hydrogen) atoms. The van der Waals surface area contributed by atoms with E-state index in [2.05, 4.69) is 39.8 Å². The Balaban J connectivity index is 2.02. The van der Waals surface area contributed by atoms with Crippen molar-refractivity contribution in [3.05, 3.63) is 5.82 Å². The van der Waals surface area contributed by atoms with Gasteiger partial charge in [0.2, 0.25) is 5.13 Å². The van der Waals surface area contributed by atoms with Crippen LogP contribution in [0.15, 0.2) is 0 Å². The summed E-state index contributed by atoms with van der Waals surface area (Å²) >= 11 is 1.40. The first kappa shape index (κ1) is 15.2. The van der Waals surface area contributed by atoms with E-state index in [9.17, 15) is 4.79 Å². The Morgan fingerprint density at radius 1 is 1.55 bits per heavy atom. The molecule has 0 bridgehead atoms. The molecule has 1 aliphatic rings. The number of esters is 1. The van der Waals surface area contributed by atoms with E-state index in [1.807, 2.05) is 0 Å². The molecule has 1 fully saturated rings. The summed E-state index contributed by atoms with van der Waals surface area (Å²) in [6.07, 6.45) is 0.135. The monoisotopic (exact) mass is 299 g/mol. The second-order valence-electron chi connectivity index (χ2n) is 5.87. The number of hydrogen-bond donors (Lipinski definition) is 0. The fourth-order valence-electron chi connectivity index (χ4n) is 1.93. The van der Waals surface area contributed by atoms with Gasteiger partial charge in [-0.2, -0.15) is 4.37 Å². The van der Waals surface area contributed by atoms with Crippen molar-refractivity contribution < 1.29 is 14.3 Å². The average Bonchev–Trinajstić information content (AvgIpc) is 2.88. The van der Waals surface area contributed by atoms with Crippen LogP contribution in [0, 0.1) is 0 Å². The van der Waals surface area contributed by atoms with Crippen molar-refractivity contribution in [2.75, 3.05) is 31.7 Å². The van der Waals surface area contributed by atoms with E-state index in [1.165, 1.54) is 18.6 Å². The zero-order valence-electron chi connectivity index (χ0n) is 12.4. The number of nitrogens with zero attached hydrogens (tertiary/aromatic N) is 3. The van der Waals surface area contributed by atoms with Crippen LogP contribution >= 0.6 is 11.5 Å². The van der Waals surface area contributed by atoms with Crippen LogP contribution in [0.1, 0.15) is 33.0 Å². The second kappa shape index (κ2) is 6.05. The van der Waals surface area contributed by atoms with Crippen molar-refractivity contribution in [3.63, 3.8) is 0 Å². The lowest BCUT2D eigenvalue weighted by molar-refractivity contribution is -0.144. The van der Waals surface area contributed by atoms with E-state index >= 15 is 0 Å². The average molecular weight is 299 g/mol. The number of aromatic nitrogens is 2. The molecule has 0 amide bonds. The number of morpholine rings is 1. The van der Waals surface area contributed by atoms with Gasteiger partial charge in [0.15, 0.2) is 0 Å². The first-order valence-corrected chi connectivity index (χ1v) is 7.45. The molecule has 0 aliphatic carbocycles. The Kier molecular flexibility index (Phi) is 4.59. The van der Waals surface area contributed by atoms with Gasteiger partial charge in [0.1, 0.15) is 5.82 Å². The molecule has 2 rings (SSSR count). The van der Waals surface area contributed by atoms with Gasteiger partial charge in [-0.15, -0.1) is 0 Å². The number of rotatable bonds is 3. The molecule has 1 aromatic heterocycles.